The van der Waals surface area contributed by atoms with Crippen LogP contribution in [-0.2, 0) is 0 Å². The lowest BCUT2D eigenvalue weighted by Crippen LogP contribution is -2.11. The number of hydrogen-bond acceptors (Lipinski definition) is 2. The Balaban J connectivity index is 2.66. The maximum Gasteiger partial charge on any atom is 0.127 e. The third-order valence-corrected chi connectivity index (χ3v) is 3.78. The summed E-state index contributed by atoms with van der Waals surface area (Å²) in [6.07, 6.45) is 2.15. The van der Waals surface area contributed by atoms with E-state index >= 15 is 0 Å². The lowest BCUT2D eigenvalue weighted by Gasteiger charge is -2.19. The van der Waals surface area contributed by atoms with Crippen LogP contribution in [0.1, 0.15) is 50.9 Å². The summed E-state index contributed by atoms with van der Waals surface area (Å²) < 4.78 is 7.55. The Morgan fingerprint density at radius 2 is 2.00 bits per heavy atom. The van der Waals surface area contributed by atoms with E-state index in [1.165, 1.54) is 0 Å². The first-order valence-corrected chi connectivity index (χ1v) is 7.25. The van der Waals surface area contributed by atoms with Gasteiger partial charge < -0.3 is 9.30 Å². The van der Waals surface area contributed by atoms with Gasteiger partial charge in [0.1, 0.15) is 11.6 Å². The van der Waals surface area contributed by atoms with Crippen LogP contribution in [-0.4, -0.2) is 16.7 Å². The highest BCUT2D eigenvalue weighted by atomic mass is 35.5. The Kier molecular flexibility index (Phi) is 4.35. The topological polar surface area (TPSA) is 27.1 Å². The number of nitrogens with zero attached hydrogens (tertiary/aromatic N) is 2. The van der Waals surface area contributed by atoms with Gasteiger partial charge in [-0.05, 0) is 31.9 Å². The minimum absolute atomic E-state index is 0.0982. The molecule has 1 atom stereocenters. The molecule has 1 aromatic carbocycles. The van der Waals surface area contributed by atoms with Crippen LogP contribution < -0.4 is 4.74 Å². The molecule has 19 heavy (non-hydrogen) atoms. The van der Waals surface area contributed by atoms with Crippen molar-refractivity contribution in [2.75, 3.05) is 7.11 Å². The van der Waals surface area contributed by atoms with E-state index in [1.807, 2.05) is 19.1 Å². The summed E-state index contributed by atoms with van der Waals surface area (Å²) in [6, 6.07) is 6.46. The Bertz CT molecular complexity index is 559. The van der Waals surface area contributed by atoms with Crippen molar-refractivity contribution in [2.24, 2.45) is 0 Å². The SMILES string of the molecule is CCC(CC)n1c(C(C)Cl)nc2cc(OC)ccc21. The van der Waals surface area contributed by atoms with Crippen molar-refractivity contribution in [3.8, 4) is 5.75 Å². The van der Waals surface area contributed by atoms with Crippen LogP contribution in [0, 0.1) is 0 Å². The Labute approximate surface area is 119 Å². The first-order valence-electron chi connectivity index (χ1n) is 6.82. The molecule has 2 rings (SSSR count). The number of imidazole rings is 1. The lowest BCUT2D eigenvalue weighted by atomic mass is 10.1. The quantitative estimate of drug-likeness (QED) is 0.742. The van der Waals surface area contributed by atoms with Gasteiger partial charge in [-0.25, -0.2) is 4.98 Å². The minimum atomic E-state index is -0.0982. The van der Waals surface area contributed by atoms with Crippen LogP contribution in [0.5, 0.6) is 5.75 Å². The molecule has 0 aliphatic carbocycles. The molecule has 104 valence electrons. The number of halogens is 1. The van der Waals surface area contributed by atoms with Crippen LogP contribution in [0.3, 0.4) is 0 Å². The van der Waals surface area contributed by atoms with Gasteiger partial charge in [0.05, 0.1) is 23.5 Å². The summed E-state index contributed by atoms with van der Waals surface area (Å²) in [7, 11) is 1.67. The molecule has 0 spiro atoms. The summed E-state index contributed by atoms with van der Waals surface area (Å²) >= 11 is 6.30. The Morgan fingerprint density at radius 1 is 1.32 bits per heavy atom. The van der Waals surface area contributed by atoms with Gasteiger partial charge in [0, 0.05) is 12.1 Å². The van der Waals surface area contributed by atoms with Crippen LogP contribution in [0.25, 0.3) is 11.0 Å². The fourth-order valence-corrected chi connectivity index (χ4v) is 2.70. The molecule has 0 saturated heterocycles. The third kappa shape index (κ3) is 2.57. The number of fused-ring (bicyclic) bond motifs is 1. The monoisotopic (exact) mass is 280 g/mol. The molecule has 1 heterocycles. The second kappa shape index (κ2) is 5.83. The van der Waals surface area contributed by atoms with Crippen LogP contribution in [0.4, 0.5) is 0 Å². The Hall–Kier alpha value is -1.22. The molecule has 0 N–H and O–H groups in total. The third-order valence-electron chi connectivity index (χ3n) is 3.59. The van der Waals surface area contributed by atoms with Crippen molar-refractivity contribution in [3.63, 3.8) is 0 Å². The van der Waals surface area contributed by atoms with Gasteiger partial charge in [0.15, 0.2) is 0 Å². The summed E-state index contributed by atoms with van der Waals surface area (Å²) in [4.78, 5) is 4.69. The molecule has 0 aliphatic heterocycles. The number of hydrogen-bond donors (Lipinski definition) is 0. The number of aromatic nitrogens is 2. The minimum Gasteiger partial charge on any atom is -0.497 e. The number of benzene rings is 1. The predicted molar refractivity (Wildman–Crippen MR) is 80.2 cm³/mol. The first kappa shape index (κ1) is 14.2. The van der Waals surface area contributed by atoms with Crippen molar-refractivity contribution in [1.82, 2.24) is 9.55 Å². The number of methoxy groups -OCH3 is 1. The average Bonchev–Trinajstić information content (AvgIpc) is 2.79. The zero-order valence-electron chi connectivity index (χ0n) is 12.0. The van der Waals surface area contributed by atoms with E-state index in [0.29, 0.717) is 6.04 Å². The van der Waals surface area contributed by atoms with Gasteiger partial charge in [-0.15, -0.1) is 11.6 Å². The number of ether oxygens (including phenoxy) is 1. The molecule has 1 unspecified atom stereocenters. The van der Waals surface area contributed by atoms with Crippen molar-refractivity contribution >= 4 is 22.6 Å². The molecule has 0 fully saturated rings. The second-order valence-corrected chi connectivity index (χ2v) is 5.44. The summed E-state index contributed by atoms with van der Waals surface area (Å²) in [6.45, 7) is 6.37. The summed E-state index contributed by atoms with van der Waals surface area (Å²) in [5.74, 6) is 1.77. The van der Waals surface area contributed by atoms with Crippen molar-refractivity contribution in [2.45, 2.75) is 45.0 Å². The van der Waals surface area contributed by atoms with E-state index in [4.69, 9.17) is 16.3 Å². The molecule has 1 aromatic heterocycles. The van der Waals surface area contributed by atoms with Gasteiger partial charge in [-0.2, -0.15) is 0 Å². The van der Waals surface area contributed by atoms with E-state index in [0.717, 1.165) is 35.4 Å². The fourth-order valence-electron chi connectivity index (χ4n) is 2.54. The van der Waals surface area contributed by atoms with E-state index in [-0.39, 0.29) is 5.38 Å². The van der Waals surface area contributed by atoms with Crippen LogP contribution in [0.2, 0.25) is 0 Å². The maximum absolute atomic E-state index is 6.30. The molecule has 4 heteroatoms. The smallest absolute Gasteiger partial charge is 0.127 e. The zero-order valence-corrected chi connectivity index (χ0v) is 12.7. The average molecular weight is 281 g/mol. The molecule has 0 radical (unpaired) electrons. The van der Waals surface area contributed by atoms with Gasteiger partial charge in [-0.3, -0.25) is 0 Å². The molecule has 2 aromatic rings. The molecule has 3 nitrogen and oxygen atoms in total. The normalized spacial score (nSPS) is 13.2. The van der Waals surface area contributed by atoms with Crippen molar-refractivity contribution < 1.29 is 4.74 Å². The van der Waals surface area contributed by atoms with Gasteiger partial charge in [-0.1, -0.05) is 13.8 Å². The van der Waals surface area contributed by atoms with Crippen molar-refractivity contribution in [3.05, 3.63) is 24.0 Å². The van der Waals surface area contributed by atoms with Crippen LogP contribution >= 0.6 is 11.6 Å². The van der Waals surface area contributed by atoms with E-state index in [9.17, 15) is 0 Å². The molecule has 0 aliphatic rings. The largest absolute Gasteiger partial charge is 0.497 e. The van der Waals surface area contributed by atoms with Gasteiger partial charge >= 0.3 is 0 Å². The summed E-state index contributed by atoms with van der Waals surface area (Å²) in [5, 5.41) is -0.0982. The predicted octanol–water partition coefficient (Wildman–Crippen LogP) is 4.71. The highest BCUT2D eigenvalue weighted by Crippen LogP contribution is 2.32. The molecular formula is C15H21ClN2O. The molecule has 0 amide bonds. The number of alkyl halides is 1. The second-order valence-electron chi connectivity index (χ2n) is 4.78. The van der Waals surface area contributed by atoms with E-state index in [1.54, 1.807) is 7.11 Å². The molecule has 0 bridgehead atoms. The van der Waals surface area contributed by atoms with E-state index in [2.05, 4.69) is 29.5 Å². The fraction of sp³-hybridized carbons (Fsp3) is 0.533. The number of rotatable bonds is 5. The van der Waals surface area contributed by atoms with Crippen LogP contribution in [0.15, 0.2) is 18.2 Å². The first-order chi connectivity index (χ1) is 9.12. The zero-order chi connectivity index (χ0) is 14.0. The maximum atomic E-state index is 6.30. The standard InChI is InChI=1S/C15H21ClN2O/c1-5-11(6-2)18-14-8-7-12(19-4)9-13(14)17-15(18)10(3)16/h7-11H,5-6H2,1-4H3. The van der Waals surface area contributed by atoms with Gasteiger partial charge in [0.25, 0.3) is 0 Å². The lowest BCUT2D eigenvalue weighted by molar-refractivity contribution is 0.415. The van der Waals surface area contributed by atoms with Gasteiger partial charge in [0.2, 0.25) is 0 Å². The highest BCUT2D eigenvalue weighted by Gasteiger charge is 2.19. The highest BCUT2D eigenvalue weighted by molar-refractivity contribution is 6.20. The van der Waals surface area contributed by atoms with E-state index < -0.39 is 0 Å². The molecule has 0 saturated carbocycles. The summed E-state index contributed by atoms with van der Waals surface area (Å²) in [5.41, 5.74) is 2.09. The van der Waals surface area contributed by atoms with Crippen molar-refractivity contribution in [1.29, 1.82) is 0 Å². The Morgan fingerprint density at radius 3 is 2.53 bits per heavy atom. The molecular weight excluding hydrogens is 260 g/mol.